The summed E-state index contributed by atoms with van der Waals surface area (Å²) in [6, 6.07) is 2.13. The Morgan fingerprint density at radius 2 is 1.90 bits per heavy atom. The number of carbonyl (C=O) groups is 3. The number of hydrogen-bond donors (Lipinski definition) is 4. The Morgan fingerprint density at radius 3 is 2.43 bits per heavy atom. The molecular weight excluding hydrogens is 336 g/mol. The van der Waals surface area contributed by atoms with E-state index in [1.54, 1.807) is 11.4 Å². The molecule has 0 aromatic carbocycles. The highest BCUT2D eigenvalue weighted by atomic mass is 35.5. The summed E-state index contributed by atoms with van der Waals surface area (Å²) >= 11 is 8.01. The van der Waals surface area contributed by atoms with Crippen molar-refractivity contribution in [2.24, 2.45) is 11.5 Å². The van der Waals surface area contributed by atoms with Gasteiger partial charge in [-0.1, -0.05) is 22.9 Å². The second kappa shape index (κ2) is 6.12. The first-order valence-electron chi connectivity index (χ1n) is 5.43. The Hall–Kier alpha value is -2.10. The fourth-order valence-corrected chi connectivity index (χ4v) is 3.46. The first-order valence-corrected chi connectivity index (χ1v) is 7.50. The summed E-state index contributed by atoms with van der Waals surface area (Å²) in [5.74, 6) is -1.16. The van der Waals surface area contributed by atoms with E-state index >= 15 is 0 Å². The van der Waals surface area contributed by atoms with Crippen molar-refractivity contribution in [1.82, 2.24) is 0 Å². The molecule has 7 nitrogen and oxygen atoms in total. The molecule has 4 amide bonds. The minimum Gasteiger partial charge on any atom is -0.366 e. The summed E-state index contributed by atoms with van der Waals surface area (Å²) in [6.45, 7) is 0. The highest BCUT2D eigenvalue weighted by molar-refractivity contribution is 7.21. The number of nitrogens with one attached hydrogen (secondary N) is 2. The molecule has 2 rings (SSSR count). The molecule has 0 bridgehead atoms. The monoisotopic (exact) mass is 344 g/mol. The van der Waals surface area contributed by atoms with Crippen LogP contribution in [0.5, 0.6) is 0 Å². The van der Waals surface area contributed by atoms with Crippen molar-refractivity contribution >= 4 is 62.1 Å². The normalized spacial score (nSPS) is 10.1. The van der Waals surface area contributed by atoms with Crippen LogP contribution in [-0.4, -0.2) is 17.8 Å². The van der Waals surface area contributed by atoms with Crippen LogP contribution in [0, 0.1) is 0 Å². The maximum absolute atomic E-state index is 12.0. The Balaban J connectivity index is 2.25. The van der Waals surface area contributed by atoms with E-state index < -0.39 is 17.8 Å². The summed E-state index contributed by atoms with van der Waals surface area (Å²) in [5.41, 5.74) is 10.3. The summed E-state index contributed by atoms with van der Waals surface area (Å²) in [7, 11) is 0. The molecule has 6 N–H and O–H groups in total. The van der Waals surface area contributed by atoms with E-state index in [0.717, 1.165) is 11.3 Å². The molecule has 110 valence electrons. The van der Waals surface area contributed by atoms with E-state index in [2.05, 4.69) is 10.6 Å². The summed E-state index contributed by atoms with van der Waals surface area (Å²) in [5, 5.41) is 7.37. The van der Waals surface area contributed by atoms with Gasteiger partial charge in [0, 0.05) is 0 Å². The number of thiophene rings is 2. The molecule has 2 aromatic heterocycles. The quantitative estimate of drug-likeness (QED) is 0.679. The molecule has 0 aliphatic rings. The molecule has 2 heterocycles. The number of hydrogen-bond acceptors (Lipinski definition) is 5. The minimum atomic E-state index is -0.835. The van der Waals surface area contributed by atoms with Crippen molar-refractivity contribution in [2.45, 2.75) is 0 Å². The maximum atomic E-state index is 12.0. The first kappa shape index (κ1) is 15.3. The van der Waals surface area contributed by atoms with Crippen LogP contribution >= 0.6 is 34.3 Å². The van der Waals surface area contributed by atoms with Crippen molar-refractivity contribution in [3.63, 3.8) is 0 Å². The van der Waals surface area contributed by atoms with Gasteiger partial charge in [-0.15, -0.1) is 11.3 Å². The number of amides is 4. The molecular formula is C11H9ClN4O3S2. The predicted molar refractivity (Wildman–Crippen MR) is 83.3 cm³/mol. The number of carbonyl (C=O) groups excluding carboxylic acids is 3. The van der Waals surface area contributed by atoms with Crippen LogP contribution in [0.25, 0.3) is 0 Å². The third-order valence-corrected chi connectivity index (χ3v) is 4.60. The zero-order valence-corrected chi connectivity index (χ0v) is 12.7. The number of anilines is 2. The second-order valence-corrected chi connectivity index (χ2v) is 6.13. The average Bonchev–Trinajstić information content (AvgIpc) is 2.95. The fraction of sp³-hybridized carbons (Fsp3) is 0. The van der Waals surface area contributed by atoms with Crippen LogP contribution in [0.15, 0.2) is 17.5 Å². The molecule has 10 heteroatoms. The molecule has 21 heavy (non-hydrogen) atoms. The van der Waals surface area contributed by atoms with E-state index in [4.69, 9.17) is 23.1 Å². The third-order valence-electron chi connectivity index (χ3n) is 2.29. The standard InChI is InChI=1S/C11H9ClN4O3S2/c12-5-1-2-20-7(5)9(18)15-6-3-4(8(13)17)10(21-6)16-11(14)19/h1-3H,(H2,13,17)(H,15,18)(H3,14,16,19). The lowest BCUT2D eigenvalue weighted by Gasteiger charge is -2.00. The van der Waals surface area contributed by atoms with E-state index in [-0.39, 0.29) is 10.6 Å². The molecule has 0 aliphatic carbocycles. The molecule has 0 spiro atoms. The van der Waals surface area contributed by atoms with Gasteiger partial charge >= 0.3 is 6.03 Å². The average molecular weight is 345 g/mol. The largest absolute Gasteiger partial charge is 0.366 e. The van der Waals surface area contributed by atoms with Gasteiger partial charge < -0.3 is 16.8 Å². The molecule has 2 aromatic rings. The second-order valence-electron chi connectivity index (χ2n) is 3.76. The lowest BCUT2D eigenvalue weighted by molar-refractivity contribution is 0.0998. The fourth-order valence-electron chi connectivity index (χ4n) is 1.46. The van der Waals surface area contributed by atoms with Crippen LogP contribution in [0.1, 0.15) is 20.0 Å². The van der Waals surface area contributed by atoms with Crippen LogP contribution in [0.3, 0.4) is 0 Å². The van der Waals surface area contributed by atoms with Crippen LogP contribution in [0.4, 0.5) is 14.8 Å². The first-order chi connectivity index (χ1) is 9.88. The molecule has 0 unspecified atom stereocenters. The molecule has 0 saturated heterocycles. The molecule has 0 radical (unpaired) electrons. The molecule has 0 atom stereocenters. The van der Waals surface area contributed by atoms with Crippen molar-refractivity contribution in [2.75, 3.05) is 10.6 Å². The Labute approximate surface area is 131 Å². The van der Waals surface area contributed by atoms with Gasteiger partial charge in [-0.25, -0.2) is 4.79 Å². The minimum absolute atomic E-state index is 0.0615. The van der Waals surface area contributed by atoms with Crippen LogP contribution in [0.2, 0.25) is 5.02 Å². The number of halogens is 1. The van der Waals surface area contributed by atoms with Gasteiger partial charge in [-0.05, 0) is 17.5 Å². The number of rotatable bonds is 4. The van der Waals surface area contributed by atoms with E-state index in [9.17, 15) is 14.4 Å². The summed E-state index contributed by atoms with van der Waals surface area (Å²) in [4.78, 5) is 34.5. The van der Waals surface area contributed by atoms with E-state index in [1.165, 1.54) is 17.4 Å². The van der Waals surface area contributed by atoms with Gasteiger partial charge in [-0.2, -0.15) is 0 Å². The van der Waals surface area contributed by atoms with Crippen LogP contribution < -0.4 is 22.1 Å². The smallest absolute Gasteiger partial charge is 0.317 e. The number of nitrogens with two attached hydrogens (primary N) is 2. The summed E-state index contributed by atoms with van der Waals surface area (Å²) < 4.78 is 0. The van der Waals surface area contributed by atoms with Gasteiger partial charge in [0.2, 0.25) is 0 Å². The number of urea groups is 1. The predicted octanol–water partition coefficient (Wildman–Crippen LogP) is 2.30. The van der Waals surface area contributed by atoms with Crippen molar-refractivity contribution in [1.29, 1.82) is 0 Å². The highest BCUT2D eigenvalue weighted by Crippen LogP contribution is 2.33. The van der Waals surface area contributed by atoms with Gasteiger partial charge in [0.25, 0.3) is 11.8 Å². The van der Waals surface area contributed by atoms with Crippen LogP contribution in [-0.2, 0) is 0 Å². The Morgan fingerprint density at radius 1 is 1.19 bits per heavy atom. The van der Waals surface area contributed by atoms with E-state index in [1.807, 2.05) is 0 Å². The number of primary amides is 2. The Bertz CT molecular complexity index is 725. The zero-order valence-electron chi connectivity index (χ0n) is 10.3. The van der Waals surface area contributed by atoms with Crippen molar-refractivity contribution in [3.8, 4) is 0 Å². The Kier molecular flexibility index (Phi) is 4.46. The third kappa shape index (κ3) is 3.51. The molecule has 0 saturated carbocycles. The summed E-state index contributed by atoms with van der Waals surface area (Å²) in [6.07, 6.45) is 0. The highest BCUT2D eigenvalue weighted by Gasteiger charge is 2.18. The van der Waals surface area contributed by atoms with Crippen molar-refractivity contribution in [3.05, 3.63) is 33.0 Å². The lowest BCUT2D eigenvalue weighted by atomic mass is 10.3. The van der Waals surface area contributed by atoms with Gasteiger partial charge in [0.1, 0.15) is 9.88 Å². The topological polar surface area (TPSA) is 127 Å². The van der Waals surface area contributed by atoms with E-state index in [0.29, 0.717) is 14.9 Å². The maximum Gasteiger partial charge on any atom is 0.317 e. The zero-order chi connectivity index (χ0) is 15.6. The molecule has 0 aliphatic heterocycles. The SMILES string of the molecule is NC(=O)Nc1sc(NC(=O)c2sccc2Cl)cc1C(N)=O. The lowest BCUT2D eigenvalue weighted by Crippen LogP contribution is -2.21. The van der Waals surface area contributed by atoms with Gasteiger partial charge in [0.05, 0.1) is 15.6 Å². The van der Waals surface area contributed by atoms with Gasteiger partial charge in [-0.3, -0.25) is 14.9 Å². The molecule has 0 fully saturated rings. The van der Waals surface area contributed by atoms with Crippen molar-refractivity contribution < 1.29 is 14.4 Å². The van der Waals surface area contributed by atoms with Gasteiger partial charge in [0.15, 0.2) is 0 Å².